The molecule has 0 radical (unpaired) electrons. The second-order valence-corrected chi connectivity index (χ2v) is 7.74. The van der Waals surface area contributed by atoms with Gasteiger partial charge in [0.05, 0.1) is 27.2 Å². The Labute approximate surface area is 168 Å². The normalized spacial score (nSPS) is 11.5. The average molecular weight is 417 g/mol. The van der Waals surface area contributed by atoms with E-state index in [9.17, 15) is 13.6 Å². The van der Waals surface area contributed by atoms with Crippen LogP contribution in [-0.2, 0) is 6.42 Å². The molecule has 29 heavy (non-hydrogen) atoms. The molecule has 1 amide bonds. The average Bonchev–Trinajstić information content (AvgIpc) is 3.41. The lowest BCUT2D eigenvalue weighted by atomic mass is 10.1. The number of thiophene rings is 1. The van der Waals surface area contributed by atoms with Crippen molar-refractivity contribution in [2.75, 3.05) is 6.54 Å². The van der Waals surface area contributed by atoms with E-state index in [2.05, 4.69) is 20.4 Å². The summed E-state index contributed by atoms with van der Waals surface area (Å²) in [6, 6.07) is 5.61. The number of imidazole rings is 1. The van der Waals surface area contributed by atoms with Crippen molar-refractivity contribution in [3.8, 4) is 10.6 Å². The number of carbonyl (C=O) groups excluding carboxylic acids is 1. The molecule has 1 N–H and O–H groups in total. The minimum atomic E-state index is -2.67. The summed E-state index contributed by atoms with van der Waals surface area (Å²) < 4.78 is 31.9. The number of hydrogen-bond acceptors (Lipinski definition) is 6. The smallest absolute Gasteiger partial charge is 0.319 e. The predicted molar refractivity (Wildman–Crippen MR) is 104 cm³/mol. The Bertz CT molecular complexity index is 1180. The van der Waals surface area contributed by atoms with E-state index >= 15 is 0 Å². The van der Waals surface area contributed by atoms with Gasteiger partial charge in [-0.05, 0) is 32.0 Å². The maximum Gasteiger partial charge on any atom is 0.319 e. The van der Waals surface area contributed by atoms with Gasteiger partial charge in [-0.2, -0.15) is 8.78 Å². The molecule has 0 aromatic carbocycles. The molecule has 4 heterocycles. The van der Waals surface area contributed by atoms with Crippen molar-refractivity contribution >= 4 is 28.3 Å². The van der Waals surface area contributed by atoms with E-state index < -0.39 is 6.55 Å². The van der Waals surface area contributed by atoms with Crippen molar-refractivity contribution in [3.05, 3.63) is 52.6 Å². The van der Waals surface area contributed by atoms with E-state index in [1.807, 2.05) is 19.1 Å². The van der Waals surface area contributed by atoms with Crippen LogP contribution in [0.5, 0.6) is 0 Å². The van der Waals surface area contributed by atoms with Gasteiger partial charge in [0.2, 0.25) is 0 Å². The maximum absolute atomic E-state index is 12.9. The fourth-order valence-corrected chi connectivity index (χ4v) is 3.90. The van der Waals surface area contributed by atoms with Crippen LogP contribution in [-0.4, -0.2) is 32.1 Å². The number of pyridine rings is 1. The van der Waals surface area contributed by atoms with Gasteiger partial charge < -0.3 is 9.84 Å². The van der Waals surface area contributed by atoms with E-state index in [0.717, 1.165) is 14.3 Å². The van der Waals surface area contributed by atoms with Gasteiger partial charge in [0, 0.05) is 30.2 Å². The van der Waals surface area contributed by atoms with E-state index in [1.54, 1.807) is 24.3 Å². The zero-order valence-corrected chi connectivity index (χ0v) is 16.5. The highest BCUT2D eigenvalue weighted by Crippen LogP contribution is 2.31. The second kappa shape index (κ2) is 7.70. The molecule has 0 aliphatic carbocycles. The molecular weight excluding hydrogens is 400 g/mol. The largest absolute Gasteiger partial charge is 0.352 e. The number of halogens is 2. The van der Waals surface area contributed by atoms with Gasteiger partial charge in [0.25, 0.3) is 11.6 Å². The summed E-state index contributed by atoms with van der Waals surface area (Å²) in [4.78, 5) is 23.3. The van der Waals surface area contributed by atoms with Crippen LogP contribution in [0.1, 0.15) is 33.3 Å². The van der Waals surface area contributed by atoms with Gasteiger partial charge in [-0.3, -0.25) is 9.36 Å². The summed E-state index contributed by atoms with van der Waals surface area (Å²) >= 11 is 1.56. The first-order chi connectivity index (χ1) is 13.9. The minimum Gasteiger partial charge on any atom is -0.352 e. The molecule has 0 atom stereocenters. The number of rotatable bonds is 6. The first-order valence-corrected chi connectivity index (χ1v) is 9.67. The van der Waals surface area contributed by atoms with Crippen LogP contribution < -0.4 is 5.32 Å². The molecule has 0 spiro atoms. The summed E-state index contributed by atoms with van der Waals surface area (Å²) in [6.07, 6.45) is 2.70. The number of fused-ring (bicyclic) bond motifs is 1. The van der Waals surface area contributed by atoms with Gasteiger partial charge in [0.15, 0.2) is 0 Å². The number of alkyl halides is 2. The highest BCUT2D eigenvalue weighted by atomic mass is 32.1. The number of carbonyl (C=O) groups is 1. The number of nitrogens with one attached hydrogen (secondary N) is 1. The van der Waals surface area contributed by atoms with Crippen molar-refractivity contribution in [1.29, 1.82) is 0 Å². The van der Waals surface area contributed by atoms with Crippen LogP contribution in [0.25, 0.3) is 21.7 Å². The van der Waals surface area contributed by atoms with Crippen molar-refractivity contribution in [2.45, 2.75) is 26.8 Å². The van der Waals surface area contributed by atoms with E-state index in [0.29, 0.717) is 22.3 Å². The Hall–Kier alpha value is -3.14. The van der Waals surface area contributed by atoms with Gasteiger partial charge in [0.1, 0.15) is 5.82 Å². The Morgan fingerprint density at radius 1 is 1.34 bits per heavy atom. The van der Waals surface area contributed by atoms with Crippen LogP contribution in [0, 0.1) is 13.8 Å². The molecule has 0 saturated heterocycles. The predicted octanol–water partition coefficient (Wildman–Crippen LogP) is 4.13. The third-order valence-electron chi connectivity index (χ3n) is 4.45. The van der Waals surface area contributed by atoms with Gasteiger partial charge in [-0.15, -0.1) is 11.3 Å². The minimum absolute atomic E-state index is 0.157. The number of amides is 1. The molecule has 0 unspecified atom stereocenters. The molecule has 0 saturated carbocycles. The Morgan fingerprint density at radius 3 is 2.90 bits per heavy atom. The first-order valence-electron chi connectivity index (χ1n) is 8.86. The van der Waals surface area contributed by atoms with Gasteiger partial charge >= 0.3 is 6.55 Å². The van der Waals surface area contributed by atoms with E-state index in [4.69, 9.17) is 4.52 Å². The second-order valence-electron chi connectivity index (χ2n) is 6.45. The lowest BCUT2D eigenvalue weighted by Crippen LogP contribution is -2.27. The van der Waals surface area contributed by atoms with Crippen molar-refractivity contribution in [2.24, 2.45) is 0 Å². The monoisotopic (exact) mass is 417 g/mol. The first kappa shape index (κ1) is 19.2. The van der Waals surface area contributed by atoms with E-state index in [1.165, 1.54) is 12.4 Å². The highest BCUT2D eigenvalue weighted by Gasteiger charge is 2.20. The Kier molecular flexibility index (Phi) is 5.10. The molecule has 0 fully saturated rings. The molecule has 0 aliphatic heterocycles. The number of aryl methyl sites for hydroxylation is 2. The summed E-state index contributed by atoms with van der Waals surface area (Å²) in [5.41, 5.74) is 1.83. The Balaban J connectivity index is 1.59. The number of aromatic nitrogens is 4. The standard InChI is InChI=1S/C19H17F2N5O2S/c1-10-3-4-14(29-10)13-9-12(16-11(2)25-28-18(16)24-13)17(27)23-6-5-15-22-7-8-26(15)19(20)21/h3-4,7-9,19H,5-6H2,1-2H3,(H,23,27). The van der Waals surface area contributed by atoms with Crippen LogP contribution >= 0.6 is 11.3 Å². The van der Waals surface area contributed by atoms with Crippen LogP contribution in [0.2, 0.25) is 0 Å². The third-order valence-corrected chi connectivity index (χ3v) is 5.47. The molecule has 4 aromatic rings. The third kappa shape index (κ3) is 3.75. The maximum atomic E-state index is 12.9. The van der Waals surface area contributed by atoms with Crippen molar-refractivity contribution < 1.29 is 18.1 Å². The molecule has 7 nitrogen and oxygen atoms in total. The van der Waals surface area contributed by atoms with Crippen LogP contribution in [0.4, 0.5) is 8.78 Å². The lowest BCUT2D eigenvalue weighted by Gasteiger charge is -2.09. The zero-order valence-electron chi connectivity index (χ0n) is 15.6. The van der Waals surface area contributed by atoms with Crippen molar-refractivity contribution in [1.82, 2.24) is 25.0 Å². The summed E-state index contributed by atoms with van der Waals surface area (Å²) in [5.74, 6) is -0.149. The van der Waals surface area contributed by atoms with Crippen molar-refractivity contribution in [3.63, 3.8) is 0 Å². The molecule has 4 rings (SSSR count). The summed E-state index contributed by atoms with van der Waals surface area (Å²) in [6.45, 7) is 1.21. The molecule has 150 valence electrons. The van der Waals surface area contributed by atoms with Crippen LogP contribution in [0.15, 0.2) is 35.1 Å². The summed E-state index contributed by atoms with van der Waals surface area (Å²) in [5, 5.41) is 7.22. The lowest BCUT2D eigenvalue weighted by molar-refractivity contribution is 0.0670. The number of nitrogens with zero attached hydrogens (tertiary/aromatic N) is 4. The SMILES string of the molecule is Cc1ccc(-c2cc(C(=O)NCCc3nccn3C(F)F)c3c(C)noc3n2)s1. The quantitative estimate of drug-likeness (QED) is 0.510. The molecular formula is C19H17F2N5O2S. The van der Waals surface area contributed by atoms with Gasteiger partial charge in [-0.25, -0.2) is 9.97 Å². The van der Waals surface area contributed by atoms with E-state index in [-0.39, 0.29) is 30.4 Å². The van der Waals surface area contributed by atoms with Crippen LogP contribution in [0.3, 0.4) is 0 Å². The number of hydrogen-bond donors (Lipinski definition) is 1. The van der Waals surface area contributed by atoms with Gasteiger partial charge in [-0.1, -0.05) is 5.16 Å². The molecule has 10 heteroatoms. The molecule has 0 aliphatic rings. The topological polar surface area (TPSA) is 85.8 Å². The fourth-order valence-electron chi connectivity index (χ4n) is 3.07. The Morgan fingerprint density at radius 2 is 2.17 bits per heavy atom. The summed E-state index contributed by atoms with van der Waals surface area (Å²) in [7, 11) is 0. The molecule has 4 aromatic heterocycles. The molecule has 0 bridgehead atoms. The zero-order chi connectivity index (χ0) is 20.5. The fraction of sp³-hybridized carbons (Fsp3) is 0.263. The highest BCUT2D eigenvalue weighted by molar-refractivity contribution is 7.15.